The molecule has 0 radical (unpaired) electrons. The van der Waals surface area contributed by atoms with Crippen molar-refractivity contribution >= 4 is 23.5 Å². The second-order valence-corrected chi connectivity index (χ2v) is 6.25. The van der Waals surface area contributed by atoms with E-state index < -0.39 is 17.8 Å². The molecule has 2 N–H and O–H groups in total. The Bertz CT molecular complexity index is 768. The number of benzene rings is 1. The Morgan fingerprint density at radius 1 is 1.40 bits per heavy atom. The van der Waals surface area contributed by atoms with E-state index >= 15 is 0 Å². The van der Waals surface area contributed by atoms with E-state index in [1.807, 2.05) is 4.90 Å². The zero-order chi connectivity index (χ0) is 17.8. The number of carbonyl (C=O) groups is 1. The summed E-state index contributed by atoms with van der Waals surface area (Å²) in [5.41, 5.74) is 0.442. The van der Waals surface area contributed by atoms with Crippen LogP contribution in [-0.4, -0.2) is 40.6 Å². The van der Waals surface area contributed by atoms with Crippen molar-refractivity contribution < 1.29 is 14.3 Å². The van der Waals surface area contributed by atoms with Gasteiger partial charge in [0.1, 0.15) is 5.82 Å². The second kappa shape index (κ2) is 7.76. The molecule has 1 amide bonds. The van der Waals surface area contributed by atoms with Crippen molar-refractivity contribution in [3.63, 3.8) is 0 Å². The van der Waals surface area contributed by atoms with Gasteiger partial charge in [0.05, 0.1) is 17.3 Å². The lowest BCUT2D eigenvalue weighted by atomic mass is 10.1. The molecular formula is C17H18ClFN4O2. The van der Waals surface area contributed by atoms with Crippen molar-refractivity contribution in [1.29, 1.82) is 0 Å². The molecule has 8 heteroatoms. The molecule has 2 aromatic rings. The average molecular weight is 365 g/mol. The van der Waals surface area contributed by atoms with Gasteiger partial charge in [0.25, 0.3) is 5.91 Å². The summed E-state index contributed by atoms with van der Waals surface area (Å²) in [6, 6.07) is 5.59. The van der Waals surface area contributed by atoms with E-state index in [1.165, 1.54) is 24.4 Å². The van der Waals surface area contributed by atoms with Crippen LogP contribution in [0.1, 0.15) is 35.0 Å². The van der Waals surface area contributed by atoms with Crippen LogP contribution in [0.3, 0.4) is 0 Å². The van der Waals surface area contributed by atoms with Gasteiger partial charge in [0.15, 0.2) is 5.69 Å². The lowest BCUT2D eigenvalue weighted by molar-refractivity contribution is 0.0911. The smallest absolute Gasteiger partial charge is 0.271 e. The largest absolute Gasteiger partial charge is 0.387 e. The van der Waals surface area contributed by atoms with Crippen molar-refractivity contribution in [3.8, 4) is 0 Å². The zero-order valence-corrected chi connectivity index (χ0v) is 14.2. The third-order valence-corrected chi connectivity index (χ3v) is 4.30. The summed E-state index contributed by atoms with van der Waals surface area (Å²) >= 11 is 6.03. The van der Waals surface area contributed by atoms with Crippen molar-refractivity contribution in [3.05, 3.63) is 52.6 Å². The van der Waals surface area contributed by atoms with E-state index in [-0.39, 0.29) is 17.3 Å². The summed E-state index contributed by atoms with van der Waals surface area (Å²) < 4.78 is 13.2. The Balaban J connectivity index is 1.67. The Hall–Kier alpha value is -2.25. The highest BCUT2D eigenvalue weighted by molar-refractivity contribution is 6.33. The summed E-state index contributed by atoms with van der Waals surface area (Å²) in [5, 5.41) is 12.8. The predicted octanol–water partition coefficient (Wildman–Crippen LogP) is 2.33. The van der Waals surface area contributed by atoms with Gasteiger partial charge in [-0.1, -0.05) is 23.7 Å². The molecule has 1 fully saturated rings. The molecule has 1 aromatic carbocycles. The van der Waals surface area contributed by atoms with Crippen LogP contribution in [0, 0.1) is 5.82 Å². The van der Waals surface area contributed by atoms with Gasteiger partial charge in [-0.25, -0.2) is 14.4 Å². The normalized spacial score (nSPS) is 15.2. The number of rotatable bonds is 5. The number of aromatic nitrogens is 2. The van der Waals surface area contributed by atoms with Gasteiger partial charge in [0, 0.05) is 19.6 Å². The minimum atomic E-state index is -1.03. The van der Waals surface area contributed by atoms with Crippen molar-refractivity contribution in [2.45, 2.75) is 18.9 Å². The van der Waals surface area contributed by atoms with Crippen LogP contribution in [0.5, 0.6) is 0 Å². The molecule has 25 heavy (non-hydrogen) atoms. The number of nitrogens with zero attached hydrogens (tertiary/aromatic N) is 3. The number of hydrogen-bond acceptors (Lipinski definition) is 5. The lowest BCUT2D eigenvalue weighted by Crippen LogP contribution is -2.30. The molecule has 2 heterocycles. The van der Waals surface area contributed by atoms with Gasteiger partial charge in [-0.2, -0.15) is 0 Å². The van der Waals surface area contributed by atoms with Crippen molar-refractivity contribution in [2.75, 3.05) is 24.5 Å². The highest BCUT2D eigenvalue weighted by Gasteiger charge is 2.20. The van der Waals surface area contributed by atoms with Gasteiger partial charge < -0.3 is 15.3 Å². The fourth-order valence-electron chi connectivity index (χ4n) is 2.69. The molecule has 1 atom stereocenters. The van der Waals surface area contributed by atoms with Gasteiger partial charge >= 0.3 is 0 Å². The van der Waals surface area contributed by atoms with Crippen LogP contribution in [0.2, 0.25) is 5.02 Å². The number of halogens is 2. The van der Waals surface area contributed by atoms with Crippen molar-refractivity contribution in [1.82, 2.24) is 15.3 Å². The number of carbonyl (C=O) groups excluding carboxylic acids is 1. The van der Waals surface area contributed by atoms with Crippen LogP contribution >= 0.6 is 11.6 Å². The third kappa shape index (κ3) is 4.24. The number of aliphatic hydroxyl groups is 1. The Labute approximate surface area is 149 Å². The molecule has 0 aliphatic carbocycles. The quantitative estimate of drug-likeness (QED) is 0.851. The first-order valence-electron chi connectivity index (χ1n) is 8.04. The lowest BCUT2D eigenvalue weighted by Gasteiger charge is -2.16. The minimum absolute atomic E-state index is 0.0602. The number of hydrogen-bond donors (Lipinski definition) is 2. The third-order valence-electron chi connectivity index (χ3n) is 4.02. The fourth-order valence-corrected chi connectivity index (χ4v) is 2.87. The van der Waals surface area contributed by atoms with Crippen molar-refractivity contribution in [2.24, 2.45) is 0 Å². The molecule has 0 bridgehead atoms. The summed E-state index contributed by atoms with van der Waals surface area (Å²) in [7, 11) is 0. The first-order chi connectivity index (χ1) is 12.0. The maximum Gasteiger partial charge on any atom is 0.271 e. The molecular weight excluding hydrogens is 347 g/mol. The monoisotopic (exact) mass is 364 g/mol. The first kappa shape index (κ1) is 17.6. The van der Waals surface area contributed by atoms with E-state index in [0.29, 0.717) is 11.5 Å². The molecule has 3 rings (SSSR count). The minimum Gasteiger partial charge on any atom is -0.387 e. The van der Waals surface area contributed by atoms with Gasteiger partial charge in [-0.3, -0.25) is 4.79 Å². The van der Waals surface area contributed by atoms with Crippen LogP contribution in [0.25, 0.3) is 0 Å². The Morgan fingerprint density at radius 2 is 2.16 bits per heavy atom. The van der Waals surface area contributed by atoms with Gasteiger partial charge in [-0.05, 0) is 30.5 Å². The number of anilines is 1. The van der Waals surface area contributed by atoms with Crippen LogP contribution < -0.4 is 10.2 Å². The standard InChI is InChI=1S/C17H18ClFN4O2/c18-13-9-21-17(23-6-1-2-7-23)22-15(13)16(25)20-10-14(24)11-4-3-5-12(19)8-11/h3-5,8-9,14,24H,1-2,6-7,10H2,(H,20,25)/t14-/m1/s1. The number of aliphatic hydroxyl groups excluding tert-OH is 1. The maximum absolute atomic E-state index is 13.2. The van der Waals surface area contributed by atoms with E-state index in [0.717, 1.165) is 25.9 Å². The molecule has 6 nitrogen and oxygen atoms in total. The van der Waals surface area contributed by atoms with E-state index in [1.54, 1.807) is 6.07 Å². The summed E-state index contributed by atoms with van der Waals surface area (Å²) in [6.07, 6.45) is 2.50. The maximum atomic E-state index is 13.2. The molecule has 1 saturated heterocycles. The van der Waals surface area contributed by atoms with E-state index in [9.17, 15) is 14.3 Å². The fraction of sp³-hybridized carbons (Fsp3) is 0.353. The second-order valence-electron chi connectivity index (χ2n) is 5.84. The number of nitrogens with one attached hydrogen (secondary N) is 1. The first-order valence-corrected chi connectivity index (χ1v) is 8.41. The number of amides is 1. The summed E-state index contributed by atoms with van der Waals surface area (Å²) in [5.74, 6) is -0.488. The topological polar surface area (TPSA) is 78.3 Å². The van der Waals surface area contributed by atoms with Crippen LogP contribution in [0.15, 0.2) is 30.5 Å². The van der Waals surface area contributed by atoms with Crippen LogP contribution in [0.4, 0.5) is 10.3 Å². The van der Waals surface area contributed by atoms with Gasteiger partial charge in [0.2, 0.25) is 5.95 Å². The summed E-state index contributed by atoms with van der Waals surface area (Å²) in [6.45, 7) is 1.61. The zero-order valence-electron chi connectivity index (χ0n) is 13.5. The highest BCUT2D eigenvalue weighted by atomic mass is 35.5. The van der Waals surface area contributed by atoms with E-state index in [2.05, 4.69) is 15.3 Å². The van der Waals surface area contributed by atoms with E-state index in [4.69, 9.17) is 11.6 Å². The summed E-state index contributed by atoms with van der Waals surface area (Å²) in [4.78, 5) is 22.8. The molecule has 0 saturated carbocycles. The predicted molar refractivity (Wildman–Crippen MR) is 92.2 cm³/mol. The van der Waals surface area contributed by atoms with Crippen LogP contribution in [-0.2, 0) is 0 Å². The molecule has 0 unspecified atom stereocenters. The molecule has 0 spiro atoms. The average Bonchev–Trinajstić information content (AvgIpc) is 3.14. The Kier molecular flexibility index (Phi) is 5.45. The molecule has 1 aromatic heterocycles. The Morgan fingerprint density at radius 3 is 2.88 bits per heavy atom. The highest BCUT2D eigenvalue weighted by Crippen LogP contribution is 2.20. The van der Waals surface area contributed by atoms with Gasteiger partial charge in [-0.15, -0.1) is 0 Å². The molecule has 132 valence electrons. The SMILES string of the molecule is O=C(NC[C@@H](O)c1cccc(F)c1)c1nc(N2CCCC2)ncc1Cl. The molecule has 1 aliphatic heterocycles. The molecule has 1 aliphatic rings.